The number of furan rings is 1. The lowest BCUT2D eigenvalue weighted by Crippen LogP contribution is -2.32. The monoisotopic (exact) mass is 663 g/mol. The lowest BCUT2D eigenvalue weighted by molar-refractivity contribution is 0.670. The lowest BCUT2D eigenvalue weighted by Gasteiger charge is -2.29. The SMILES string of the molecule is C=C/C(=c1/ccc2ccccc2c1=C)N(c1ccc2c(ccc3ccccc32)c1)c1ccccc1-c1cccc2c1oc1cc3ccccc3cc12. The molecule has 0 bridgehead atoms. The quantitative estimate of drug-likeness (QED) is 0.170. The summed E-state index contributed by atoms with van der Waals surface area (Å²) in [6.45, 7) is 9.05. The summed E-state index contributed by atoms with van der Waals surface area (Å²) >= 11 is 0. The summed E-state index contributed by atoms with van der Waals surface area (Å²) in [6.07, 6.45) is 1.97. The first-order chi connectivity index (χ1) is 25.7. The first-order valence-corrected chi connectivity index (χ1v) is 17.6. The molecule has 244 valence electrons. The van der Waals surface area contributed by atoms with Crippen molar-refractivity contribution in [1.29, 1.82) is 0 Å². The van der Waals surface area contributed by atoms with E-state index in [0.29, 0.717) is 0 Å². The third kappa shape index (κ3) is 4.66. The molecule has 0 aliphatic rings. The van der Waals surface area contributed by atoms with Crippen molar-refractivity contribution < 1.29 is 4.42 Å². The van der Waals surface area contributed by atoms with Crippen LogP contribution in [0.15, 0.2) is 187 Å². The van der Waals surface area contributed by atoms with Gasteiger partial charge in [0.1, 0.15) is 11.2 Å². The maximum Gasteiger partial charge on any atom is 0.143 e. The van der Waals surface area contributed by atoms with Gasteiger partial charge in [-0.2, -0.15) is 0 Å². The third-order valence-electron chi connectivity index (χ3n) is 10.5. The molecule has 2 heteroatoms. The molecule has 52 heavy (non-hydrogen) atoms. The number of nitrogens with zero attached hydrogens (tertiary/aromatic N) is 1. The standard InChI is InChI=1S/C50H33NO/c1-3-47(40-27-25-33-13-6-8-17-39(33)32(40)2)51(38-26-28-42-37(29-38)24-23-34-14-7-9-18-41(34)42)48-22-11-10-19-43(48)44-20-12-21-45-46-30-35-15-4-5-16-36(35)31-49(46)52-50(44)45/h3-31H,1-2H2/b47-40+. The Labute approximate surface area is 301 Å². The van der Waals surface area contributed by atoms with Gasteiger partial charge in [0.05, 0.1) is 11.4 Å². The summed E-state index contributed by atoms with van der Waals surface area (Å²) < 4.78 is 6.77. The van der Waals surface area contributed by atoms with E-state index in [9.17, 15) is 0 Å². The first-order valence-electron chi connectivity index (χ1n) is 17.6. The Morgan fingerprint density at radius 2 is 1.10 bits per heavy atom. The molecular formula is C50H33NO. The van der Waals surface area contributed by atoms with Crippen molar-refractivity contribution in [2.24, 2.45) is 0 Å². The molecule has 1 heterocycles. The smallest absolute Gasteiger partial charge is 0.143 e. The van der Waals surface area contributed by atoms with Crippen molar-refractivity contribution in [2.75, 3.05) is 4.90 Å². The van der Waals surface area contributed by atoms with Crippen molar-refractivity contribution in [2.45, 2.75) is 0 Å². The summed E-state index contributed by atoms with van der Waals surface area (Å²) in [6, 6.07) is 60.5. The fourth-order valence-electron chi connectivity index (χ4n) is 8.04. The van der Waals surface area contributed by atoms with Gasteiger partial charge in [-0.25, -0.2) is 0 Å². The predicted molar refractivity (Wildman–Crippen MR) is 223 cm³/mol. The van der Waals surface area contributed by atoms with E-state index in [-0.39, 0.29) is 0 Å². The Hall–Kier alpha value is -6.90. The van der Waals surface area contributed by atoms with Crippen molar-refractivity contribution in [3.05, 3.63) is 193 Å². The largest absolute Gasteiger partial charge is 0.455 e. The number of anilines is 2. The van der Waals surface area contributed by atoms with Crippen LogP contribution >= 0.6 is 0 Å². The number of hydrogen-bond donors (Lipinski definition) is 0. The maximum absolute atomic E-state index is 6.77. The third-order valence-corrected chi connectivity index (χ3v) is 10.5. The predicted octanol–water partition coefficient (Wildman–Crippen LogP) is 12.4. The molecule has 2 nitrogen and oxygen atoms in total. The van der Waals surface area contributed by atoms with Gasteiger partial charge in [-0.15, -0.1) is 0 Å². The second-order valence-electron chi connectivity index (χ2n) is 13.4. The van der Waals surface area contributed by atoms with Crippen LogP contribution in [0, 0.1) is 0 Å². The second kappa shape index (κ2) is 11.9. The van der Waals surface area contributed by atoms with Gasteiger partial charge in [-0.05, 0) is 84.7 Å². The summed E-state index contributed by atoms with van der Waals surface area (Å²) in [5, 5.41) is 13.7. The normalized spacial score (nSPS) is 12.3. The van der Waals surface area contributed by atoms with Crippen LogP contribution in [-0.4, -0.2) is 0 Å². The molecule has 0 saturated heterocycles. The molecule has 0 spiro atoms. The molecule has 0 N–H and O–H groups in total. The van der Waals surface area contributed by atoms with Crippen LogP contribution < -0.4 is 15.3 Å². The molecule has 0 unspecified atom stereocenters. The molecule has 10 rings (SSSR count). The minimum atomic E-state index is 0.869. The molecule has 1 aromatic heterocycles. The van der Waals surface area contributed by atoms with Crippen LogP contribution in [0.25, 0.3) is 88.4 Å². The zero-order chi connectivity index (χ0) is 34.8. The molecule has 0 radical (unpaired) electrons. The average Bonchev–Trinajstić information content (AvgIpc) is 3.57. The Balaban J connectivity index is 1.27. The number of para-hydroxylation sites is 2. The van der Waals surface area contributed by atoms with Gasteiger partial charge in [0.15, 0.2) is 0 Å². The van der Waals surface area contributed by atoms with Gasteiger partial charge in [0.2, 0.25) is 0 Å². The Kier molecular flexibility index (Phi) is 6.84. The summed E-state index contributed by atoms with van der Waals surface area (Å²) in [7, 11) is 0. The molecule has 0 atom stereocenters. The minimum Gasteiger partial charge on any atom is -0.455 e. The highest BCUT2D eigenvalue weighted by atomic mass is 16.3. The van der Waals surface area contributed by atoms with Crippen LogP contribution in [0.5, 0.6) is 0 Å². The molecular weight excluding hydrogens is 631 g/mol. The Morgan fingerprint density at radius 3 is 1.92 bits per heavy atom. The van der Waals surface area contributed by atoms with E-state index in [4.69, 9.17) is 4.42 Å². The van der Waals surface area contributed by atoms with Crippen LogP contribution in [0.3, 0.4) is 0 Å². The molecule has 0 amide bonds. The van der Waals surface area contributed by atoms with Crippen LogP contribution in [0.2, 0.25) is 0 Å². The van der Waals surface area contributed by atoms with Crippen molar-refractivity contribution in [3.8, 4) is 11.1 Å². The highest BCUT2D eigenvalue weighted by Crippen LogP contribution is 2.44. The molecule has 0 saturated carbocycles. The summed E-state index contributed by atoms with van der Waals surface area (Å²) in [4.78, 5) is 2.34. The van der Waals surface area contributed by atoms with Crippen LogP contribution in [-0.2, 0) is 0 Å². The molecule has 0 aliphatic heterocycles. The lowest BCUT2D eigenvalue weighted by atomic mass is 9.97. The van der Waals surface area contributed by atoms with E-state index in [1.54, 1.807) is 0 Å². The van der Waals surface area contributed by atoms with Gasteiger partial charge < -0.3 is 9.32 Å². The number of hydrogen-bond acceptors (Lipinski definition) is 2. The molecule has 0 fully saturated rings. The van der Waals surface area contributed by atoms with Crippen LogP contribution in [0.1, 0.15) is 0 Å². The van der Waals surface area contributed by atoms with Gasteiger partial charge in [-0.3, -0.25) is 0 Å². The van der Waals surface area contributed by atoms with E-state index in [1.807, 2.05) is 6.08 Å². The van der Waals surface area contributed by atoms with Gasteiger partial charge in [0.25, 0.3) is 0 Å². The van der Waals surface area contributed by atoms with E-state index in [2.05, 4.69) is 188 Å². The van der Waals surface area contributed by atoms with Gasteiger partial charge in [-0.1, -0.05) is 153 Å². The number of benzene rings is 9. The Morgan fingerprint density at radius 1 is 0.481 bits per heavy atom. The zero-order valence-electron chi connectivity index (χ0n) is 28.5. The van der Waals surface area contributed by atoms with Crippen molar-refractivity contribution >= 4 is 88.7 Å². The van der Waals surface area contributed by atoms with Crippen LogP contribution in [0.4, 0.5) is 11.4 Å². The number of fused-ring (bicyclic) bond motifs is 8. The van der Waals surface area contributed by atoms with Gasteiger partial charge >= 0.3 is 0 Å². The van der Waals surface area contributed by atoms with Gasteiger partial charge in [0, 0.05) is 32.8 Å². The second-order valence-corrected chi connectivity index (χ2v) is 13.4. The molecule has 0 aliphatic carbocycles. The topological polar surface area (TPSA) is 16.4 Å². The average molecular weight is 664 g/mol. The summed E-state index contributed by atoms with van der Waals surface area (Å²) in [5.41, 5.74) is 6.83. The van der Waals surface area contributed by atoms with E-state index >= 15 is 0 Å². The molecule has 10 aromatic rings. The fraction of sp³-hybridized carbons (Fsp3) is 0. The zero-order valence-corrected chi connectivity index (χ0v) is 28.5. The van der Waals surface area contributed by atoms with Crippen molar-refractivity contribution in [1.82, 2.24) is 0 Å². The first kappa shape index (κ1) is 30.0. The molecule has 9 aromatic carbocycles. The Bertz CT molecular complexity index is 3190. The number of rotatable bonds is 5. The minimum absolute atomic E-state index is 0.869. The van der Waals surface area contributed by atoms with E-state index < -0.39 is 0 Å². The van der Waals surface area contributed by atoms with E-state index in [0.717, 1.165) is 76.7 Å². The highest BCUT2D eigenvalue weighted by molar-refractivity contribution is 6.14. The van der Waals surface area contributed by atoms with Crippen molar-refractivity contribution in [3.63, 3.8) is 0 Å². The maximum atomic E-state index is 6.77. The summed E-state index contributed by atoms with van der Waals surface area (Å²) in [5.74, 6) is 0. The van der Waals surface area contributed by atoms with E-state index in [1.165, 1.54) is 26.9 Å². The fourth-order valence-corrected chi connectivity index (χ4v) is 8.04. The highest BCUT2D eigenvalue weighted by Gasteiger charge is 2.22.